The molecule has 0 aromatic heterocycles. The molecule has 1 rings (SSSR count). The maximum atomic E-state index is 3.04. The molecule has 75 heavy (non-hydrogen) atoms. The quantitative estimate of drug-likeness (QED) is 0.0563. The maximum Gasteiger partial charge on any atom is 0.0754 e. The van der Waals surface area contributed by atoms with Gasteiger partial charge in [0.25, 0.3) is 0 Å². The molecule has 454 valence electrons. The maximum absolute atomic E-state index is 3.04. The Morgan fingerprint density at radius 2 is 0.493 bits per heavy atom. The lowest BCUT2D eigenvalue weighted by atomic mass is 10.1. The van der Waals surface area contributed by atoms with E-state index in [1.54, 1.807) is 0 Å². The summed E-state index contributed by atoms with van der Waals surface area (Å²) in [5.74, 6) is 0. The summed E-state index contributed by atoms with van der Waals surface area (Å²) in [6.07, 6.45) is 73.7. The number of nitrogens with zero attached hydrogens (tertiary/aromatic N) is 4. The van der Waals surface area contributed by atoms with E-state index in [9.17, 15) is 0 Å². The van der Waals surface area contributed by atoms with Crippen molar-refractivity contribution in [3.05, 3.63) is 0 Å². The van der Waals surface area contributed by atoms with E-state index in [0.29, 0.717) is 6.17 Å². The van der Waals surface area contributed by atoms with Gasteiger partial charge in [0, 0.05) is 32.7 Å². The molecule has 1 atom stereocenters. The van der Waals surface area contributed by atoms with Gasteiger partial charge in [-0.1, -0.05) is 358 Å². The van der Waals surface area contributed by atoms with Crippen LogP contribution in [0.4, 0.5) is 0 Å². The molecule has 0 aromatic rings. The predicted molar refractivity (Wildman–Crippen MR) is 346 cm³/mol. The molecule has 1 aliphatic rings. The molecule has 4 heteroatoms. The van der Waals surface area contributed by atoms with E-state index in [1.807, 2.05) is 13.8 Å². The molecular weight excluding hydrogens is 909 g/mol. The van der Waals surface area contributed by atoms with Crippen molar-refractivity contribution in [2.75, 3.05) is 65.4 Å². The Morgan fingerprint density at radius 1 is 0.253 bits per heavy atom. The molecule has 0 amide bonds. The van der Waals surface area contributed by atoms with Crippen LogP contribution in [-0.4, -0.2) is 91.2 Å². The zero-order valence-electron chi connectivity index (χ0n) is 54.5. The highest BCUT2D eigenvalue weighted by atomic mass is 15.4. The van der Waals surface area contributed by atoms with Crippen LogP contribution in [0.1, 0.15) is 390 Å². The zero-order chi connectivity index (χ0) is 55.0. The number of hydrogen-bond donors (Lipinski definition) is 0. The minimum atomic E-state index is 0.615. The van der Waals surface area contributed by atoms with E-state index < -0.39 is 0 Å². The smallest absolute Gasteiger partial charge is 0.0754 e. The van der Waals surface area contributed by atoms with Crippen molar-refractivity contribution in [1.29, 1.82) is 0 Å². The number of unbranched alkanes of at least 4 members (excludes halogenated alkanes) is 45. The van der Waals surface area contributed by atoms with Crippen molar-refractivity contribution in [3.8, 4) is 0 Å². The Bertz CT molecular complexity index is 968. The van der Waals surface area contributed by atoms with Crippen molar-refractivity contribution < 1.29 is 0 Å². The van der Waals surface area contributed by atoms with Crippen LogP contribution in [0.15, 0.2) is 0 Å². The third-order valence-electron chi connectivity index (χ3n) is 17.0. The number of piperazine rings is 1. The first kappa shape index (κ1) is 76.9. The normalized spacial score (nSPS) is 14.2. The van der Waals surface area contributed by atoms with Crippen LogP contribution >= 0.6 is 0 Å². The van der Waals surface area contributed by atoms with Crippen LogP contribution in [0.5, 0.6) is 0 Å². The fourth-order valence-electron chi connectivity index (χ4n) is 11.7. The highest BCUT2D eigenvalue weighted by Gasteiger charge is 2.31. The van der Waals surface area contributed by atoms with Crippen molar-refractivity contribution in [2.24, 2.45) is 0 Å². The molecule has 0 bridgehead atoms. The first-order valence-electron chi connectivity index (χ1n) is 36.0. The van der Waals surface area contributed by atoms with E-state index in [0.717, 1.165) is 0 Å². The van der Waals surface area contributed by atoms with Crippen molar-refractivity contribution in [2.45, 2.75) is 396 Å². The summed E-state index contributed by atoms with van der Waals surface area (Å²) in [6.45, 7) is 33.2. The first-order valence-corrected chi connectivity index (χ1v) is 36.0. The van der Waals surface area contributed by atoms with E-state index in [1.165, 1.54) is 393 Å². The lowest BCUT2D eigenvalue weighted by Crippen LogP contribution is -2.61. The van der Waals surface area contributed by atoms with Crippen molar-refractivity contribution in [3.63, 3.8) is 0 Å². The highest BCUT2D eigenvalue weighted by Crippen LogP contribution is 2.21. The number of hydrogen-bond acceptors (Lipinski definition) is 4. The summed E-state index contributed by atoms with van der Waals surface area (Å²) in [5.41, 5.74) is 0. The minimum Gasteiger partial charge on any atom is -0.302 e. The second kappa shape index (κ2) is 68.1. The van der Waals surface area contributed by atoms with Gasteiger partial charge in [0.05, 0.1) is 6.17 Å². The van der Waals surface area contributed by atoms with E-state index in [-0.39, 0.29) is 0 Å². The van der Waals surface area contributed by atoms with Gasteiger partial charge in [-0.3, -0.25) is 14.7 Å². The van der Waals surface area contributed by atoms with Crippen LogP contribution in [0, 0.1) is 0 Å². The van der Waals surface area contributed by atoms with E-state index >= 15 is 0 Å². The Morgan fingerprint density at radius 3 is 0.787 bits per heavy atom. The van der Waals surface area contributed by atoms with Gasteiger partial charge in [-0.2, -0.15) is 0 Å². The van der Waals surface area contributed by atoms with Gasteiger partial charge in [-0.05, 0) is 64.8 Å². The van der Waals surface area contributed by atoms with Crippen molar-refractivity contribution >= 4 is 0 Å². The molecule has 0 saturated carbocycles. The monoisotopic (exact) mass is 1060 g/mol. The topological polar surface area (TPSA) is 13.0 Å². The van der Waals surface area contributed by atoms with Gasteiger partial charge < -0.3 is 4.90 Å². The van der Waals surface area contributed by atoms with Crippen molar-refractivity contribution in [1.82, 2.24) is 19.6 Å². The SMILES string of the molecule is CC.CCCCCC.CCCCCCCCCCCCCN(CCCCCCCCCCCC)CCN1CCN(CCCCCCCCCCCCC)C(N(CCCCCCC)CCCCCCCCCCCC)C1. The van der Waals surface area contributed by atoms with Gasteiger partial charge in [-0.25, -0.2) is 0 Å². The Kier molecular flexibility index (Phi) is 69.8. The fraction of sp³-hybridized carbons (Fsp3) is 1.00. The Labute approximate surface area is 478 Å². The van der Waals surface area contributed by atoms with Gasteiger partial charge in [0.1, 0.15) is 0 Å². The summed E-state index contributed by atoms with van der Waals surface area (Å²) in [5, 5.41) is 0. The lowest BCUT2D eigenvalue weighted by molar-refractivity contribution is -0.0267. The Hall–Kier alpha value is -0.160. The van der Waals surface area contributed by atoms with Crippen LogP contribution in [-0.2, 0) is 0 Å². The molecule has 1 saturated heterocycles. The van der Waals surface area contributed by atoms with Crippen LogP contribution in [0.25, 0.3) is 0 Å². The molecule has 1 unspecified atom stereocenters. The summed E-state index contributed by atoms with van der Waals surface area (Å²) >= 11 is 0. The average Bonchev–Trinajstić information content (AvgIpc) is 3.43. The molecule has 1 fully saturated rings. The van der Waals surface area contributed by atoms with Gasteiger partial charge >= 0.3 is 0 Å². The summed E-state index contributed by atoms with van der Waals surface area (Å²) in [6, 6.07) is 0. The first-order chi connectivity index (χ1) is 37.1. The standard InChI is InChI=1S/C63H130N4.C6H14.C2H6/c1-6-11-16-21-25-29-33-36-40-45-49-54-64(53-48-44-39-35-31-27-23-18-13-8-3)58-59-65-60-61-67(57-52-47-42-38-34-30-26-22-17-12-7-2)63(62-65)66(55-50-43-20-15-10-5)56-51-46-41-37-32-28-24-19-14-9-4;1-3-5-6-4-2;1-2/h63H,6-62H2,1-5H3;3-6H2,1-2H3;1-2H3. The van der Waals surface area contributed by atoms with Gasteiger partial charge in [0.2, 0.25) is 0 Å². The molecule has 1 aliphatic heterocycles. The Balaban J connectivity index is 0. The van der Waals surface area contributed by atoms with Crippen LogP contribution < -0.4 is 0 Å². The van der Waals surface area contributed by atoms with E-state index in [4.69, 9.17) is 0 Å². The second-order valence-corrected chi connectivity index (χ2v) is 24.3. The van der Waals surface area contributed by atoms with Gasteiger partial charge in [-0.15, -0.1) is 0 Å². The van der Waals surface area contributed by atoms with E-state index in [2.05, 4.69) is 68.1 Å². The van der Waals surface area contributed by atoms with Crippen LogP contribution in [0.3, 0.4) is 0 Å². The minimum absolute atomic E-state index is 0.615. The summed E-state index contributed by atoms with van der Waals surface area (Å²) < 4.78 is 0. The molecule has 1 heterocycles. The average molecular weight is 1060 g/mol. The largest absolute Gasteiger partial charge is 0.302 e. The lowest BCUT2D eigenvalue weighted by Gasteiger charge is -2.47. The molecule has 0 spiro atoms. The third-order valence-corrected chi connectivity index (χ3v) is 17.0. The predicted octanol–water partition coefficient (Wildman–Crippen LogP) is 23.6. The fourth-order valence-corrected chi connectivity index (χ4v) is 11.7. The molecule has 4 nitrogen and oxygen atoms in total. The third kappa shape index (κ3) is 56.9. The molecule has 0 aromatic carbocycles. The molecule has 0 N–H and O–H groups in total. The molecular formula is C71H150N4. The zero-order valence-corrected chi connectivity index (χ0v) is 54.5. The molecule has 0 aliphatic carbocycles. The summed E-state index contributed by atoms with van der Waals surface area (Å²) in [4.78, 5) is 11.9. The molecule has 0 radical (unpaired) electrons. The van der Waals surface area contributed by atoms with Gasteiger partial charge in [0.15, 0.2) is 0 Å². The highest BCUT2D eigenvalue weighted by molar-refractivity contribution is 4.84. The summed E-state index contributed by atoms with van der Waals surface area (Å²) in [7, 11) is 0. The second-order valence-electron chi connectivity index (χ2n) is 24.3. The number of rotatable bonds is 59. The van der Waals surface area contributed by atoms with Crippen LogP contribution in [0.2, 0.25) is 0 Å².